The van der Waals surface area contributed by atoms with Crippen LogP contribution in [0, 0.1) is 0 Å². The standard InChI is InChI=1S/C18H21BrN2O4S/c1-21(2)26(24,25)17-12-14(7-10-16(17)19)18(23)20-11-3-4-13-5-8-15(22)9-6-13/h5-10,12,22H,3-4,11H2,1-2H3,(H,20,23). The van der Waals surface area contributed by atoms with Crippen LogP contribution in [-0.2, 0) is 16.4 Å². The van der Waals surface area contributed by atoms with Crippen molar-refractivity contribution in [1.82, 2.24) is 9.62 Å². The Kier molecular flexibility index (Phi) is 6.80. The number of carbonyl (C=O) groups excluding carboxylic acids is 1. The van der Waals surface area contributed by atoms with Crippen molar-refractivity contribution in [3.8, 4) is 5.75 Å². The van der Waals surface area contributed by atoms with Crippen LogP contribution in [0.3, 0.4) is 0 Å². The van der Waals surface area contributed by atoms with Gasteiger partial charge in [0.1, 0.15) is 5.75 Å². The number of phenolic OH excluding ortho intramolecular Hbond substituents is 1. The molecule has 140 valence electrons. The predicted octanol–water partition coefficient (Wildman–Crippen LogP) is 2.77. The van der Waals surface area contributed by atoms with Gasteiger partial charge in [0.15, 0.2) is 0 Å². The molecule has 0 aliphatic rings. The molecule has 2 aromatic rings. The molecule has 0 bridgehead atoms. The van der Waals surface area contributed by atoms with Gasteiger partial charge in [0.05, 0.1) is 4.90 Å². The van der Waals surface area contributed by atoms with Crippen LogP contribution in [0.25, 0.3) is 0 Å². The molecule has 0 spiro atoms. The smallest absolute Gasteiger partial charge is 0.251 e. The van der Waals surface area contributed by atoms with Gasteiger partial charge < -0.3 is 10.4 Å². The lowest BCUT2D eigenvalue weighted by Gasteiger charge is -2.14. The zero-order valence-corrected chi connectivity index (χ0v) is 17.0. The Bertz CT molecular complexity index is 881. The minimum absolute atomic E-state index is 0.0549. The molecule has 2 N–H and O–H groups in total. The highest BCUT2D eigenvalue weighted by Gasteiger charge is 2.22. The zero-order chi connectivity index (χ0) is 19.3. The third kappa shape index (κ3) is 5.06. The molecule has 0 radical (unpaired) electrons. The first kappa shape index (κ1) is 20.4. The van der Waals surface area contributed by atoms with Gasteiger partial charge in [-0.3, -0.25) is 4.79 Å². The zero-order valence-electron chi connectivity index (χ0n) is 14.6. The minimum atomic E-state index is -3.64. The number of sulfonamides is 1. The van der Waals surface area contributed by atoms with Gasteiger partial charge in [-0.25, -0.2) is 12.7 Å². The second-order valence-electron chi connectivity index (χ2n) is 5.96. The Morgan fingerprint density at radius 2 is 1.81 bits per heavy atom. The number of aryl methyl sites for hydroxylation is 1. The number of hydrogen-bond acceptors (Lipinski definition) is 4. The number of phenols is 1. The van der Waals surface area contributed by atoms with Crippen LogP contribution in [-0.4, -0.2) is 44.4 Å². The van der Waals surface area contributed by atoms with Crippen LogP contribution in [0.2, 0.25) is 0 Å². The van der Waals surface area contributed by atoms with Crippen molar-refractivity contribution in [2.45, 2.75) is 17.7 Å². The molecule has 1 amide bonds. The Labute approximate surface area is 162 Å². The number of halogens is 1. The van der Waals surface area contributed by atoms with Crippen molar-refractivity contribution in [3.05, 3.63) is 58.1 Å². The second-order valence-corrected chi connectivity index (χ2v) is 8.93. The van der Waals surface area contributed by atoms with Crippen molar-refractivity contribution in [2.75, 3.05) is 20.6 Å². The SMILES string of the molecule is CN(C)S(=O)(=O)c1cc(C(=O)NCCCc2ccc(O)cc2)ccc1Br. The van der Waals surface area contributed by atoms with Gasteiger partial charge in [0.2, 0.25) is 10.0 Å². The van der Waals surface area contributed by atoms with Gasteiger partial charge in [-0.1, -0.05) is 12.1 Å². The number of rotatable bonds is 7. The molecule has 6 nitrogen and oxygen atoms in total. The quantitative estimate of drug-likeness (QED) is 0.647. The maximum atomic E-state index is 12.3. The van der Waals surface area contributed by atoms with Crippen LogP contribution >= 0.6 is 15.9 Å². The summed E-state index contributed by atoms with van der Waals surface area (Å²) in [5, 5.41) is 12.1. The molecule has 0 atom stereocenters. The normalized spacial score (nSPS) is 11.5. The molecular weight excluding hydrogens is 420 g/mol. The first-order chi connectivity index (χ1) is 12.2. The third-order valence-corrected chi connectivity index (χ3v) is 6.63. The molecule has 0 unspecified atom stereocenters. The summed E-state index contributed by atoms with van der Waals surface area (Å²) < 4.78 is 26.1. The van der Waals surface area contributed by atoms with Gasteiger partial charge >= 0.3 is 0 Å². The monoisotopic (exact) mass is 440 g/mol. The lowest BCUT2D eigenvalue weighted by Crippen LogP contribution is -2.26. The highest BCUT2D eigenvalue weighted by atomic mass is 79.9. The third-order valence-electron chi connectivity index (χ3n) is 3.82. The minimum Gasteiger partial charge on any atom is -0.508 e. The molecule has 0 saturated heterocycles. The molecular formula is C18H21BrN2O4S. The Balaban J connectivity index is 1.98. The van der Waals surface area contributed by atoms with Crippen LogP contribution in [0.1, 0.15) is 22.3 Å². The Morgan fingerprint density at radius 3 is 2.42 bits per heavy atom. The Morgan fingerprint density at radius 1 is 1.15 bits per heavy atom. The van der Waals surface area contributed by atoms with Crippen molar-refractivity contribution < 1.29 is 18.3 Å². The van der Waals surface area contributed by atoms with Crippen molar-refractivity contribution in [3.63, 3.8) is 0 Å². The number of nitrogens with one attached hydrogen (secondary N) is 1. The van der Waals surface area contributed by atoms with Crippen LogP contribution in [0.5, 0.6) is 5.75 Å². The molecule has 2 rings (SSSR count). The van der Waals surface area contributed by atoms with E-state index in [4.69, 9.17) is 0 Å². The van der Waals surface area contributed by atoms with Crippen LogP contribution in [0.15, 0.2) is 51.8 Å². The summed E-state index contributed by atoms with van der Waals surface area (Å²) in [6.07, 6.45) is 1.50. The largest absolute Gasteiger partial charge is 0.508 e. The summed E-state index contributed by atoms with van der Waals surface area (Å²) in [4.78, 5) is 12.3. The lowest BCUT2D eigenvalue weighted by molar-refractivity contribution is 0.0953. The molecule has 26 heavy (non-hydrogen) atoms. The molecule has 8 heteroatoms. The molecule has 0 fully saturated rings. The van der Waals surface area contributed by atoms with E-state index in [1.165, 1.54) is 20.2 Å². The van der Waals surface area contributed by atoms with E-state index in [1.54, 1.807) is 24.3 Å². The molecule has 0 aliphatic carbocycles. The van der Waals surface area contributed by atoms with Crippen molar-refractivity contribution in [1.29, 1.82) is 0 Å². The molecule has 0 aromatic heterocycles. The van der Waals surface area contributed by atoms with E-state index in [0.717, 1.165) is 22.7 Å². The van der Waals surface area contributed by atoms with Crippen LogP contribution in [0.4, 0.5) is 0 Å². The van der Waals surface area contributed by atoms with Crippen LogP contribution < -0.4 is 5.32 Å². The van der Waals surface area contributed by atoms with E-state index in [9.17, 15) is 18.3 Å². The first-order valence-corrected chi connectivity index (χ1v) is 10.2. The maximum absolute atomic E-state index is 12.3. The van der Waals surface area contributed by atoms with E-state index >= 15 is 0 Å². The summed E-state index contributed by atoms with van der Waals surface area (Å²) >= 11 is 3.22. The summed E-state index contributed by atoms with van der Waals surface area (Å²) in [6.45, 7) is 0.464. The van der Waals surface area contributed by atoms with Gasteiger partial charge in [-0.2, -0.15) is 0 Å². The summed E-state index contributed by atoms with van der Waals surface area (Å²) in [5.74, 6) is -0.0980. The molecule has 0 saturated carbocycles. The highest BCUT2D eigenvalue weighted by molar-refractivity contribution is 9.10. The fraction of sp³-hybridized carbons (Fsp3) is 0.278. The predicted molar refractivity (Wildman–Crippen MR) is 104 cm³/mol. The summed E-state index contributed by atoms with van der Waals surface area (Å²) in [7, 11) is -0.758. The van der Waals surface area contributed by atoms with Gasteiger partial charge in [0, 0.05) is 30.7 Å². The topological polar surface area (TPSA) is 86.7 Å². The average molecular weight is 441 g/mol. The van der Waals surface area contributed by atoms with Crippen molar-refractivity contribution >= 4 is 31.9 Å². The lowest BCUT2D eigenvalue weighted by atomic mass is 10.1. The average Bonchev–Trinajstić information content (AvgIpc) is 2.60. The van der Waals surface area contributed by atoms with E-state index in [0.29, 0.717) is 16.6 Å². The number of nitrogens with zero attached hydrogens (tertiary/aromatic N) is 1. The number of benzene rings is 2. The molecule has 2 aromatic carbocycles. The van der Waals surface area contributed by atoms with E-state index < -0.39 is 10.0 Å². The first-order valence-electron chi connectivity index (χ1n) is 8.00. The summed E-state index contributed by atoms with van der Waals surface area (Å²) in [6, 6.07) is 11.4. The second kappa shape index (κ2) is 8.66. The maximum Gasteiger partial charge on any atom is 0.251 e. The fourth-order valence-corrected chi connectivity index (χ4v) is 4.14. The number of hydrogen-bond donors (Lipinski definition) is 2. The fourth-order valence-electron chi connectivity index (χ4n) is 2.30. The van der Waals surface area contributed by atoms with Crippen molar-refractivity contribution in [2.24, 2.45) is 0 Å². The van der Waals surface area contributed by atoms with E-state index in [2.05, 4.69) is 21.2 Å². The highest BCUT2D eigenvalue weighted by Crippen LogP contribution is 2.25. The number of aromatic hydroxyl groups is 1. The van der Waals surface area contributed by atoms with E-state index in [-0.39, 0.29) is 16.6 Å². The number of carbonyl (C=O) groups is 1. The summed E-state index contributed by atoms with van der Waals surface area (Å²) in [5.41, 5.74) is 1.36. The molecule has 0 heterocycles. The number of amides is 1. The molecule has 0 aliphatic heterocycles. The van der Waals surface area contributed by atoms with E-state index in [1.807, 2.05) is 12.1 Å². The van der Waals surface area contributed by atoms with Gasteiger partial charge in [0.25, 0.3) is 5.91 Å². The Hall–Kier alpha value is -1.90. The van der Waals surface area contributed by atoms with Gasteiger partial charge in [-0.15, -0.1) is 0 Å². The van der Waals surface area contributed by atoms with Gasteiger partial charge in [-0.05, 0) is 64.7 Å².